The van der Waals surface area contributed by atoms with E-state index in [0.717, 1.165) is 29.4 Å². The van der Waals surface area contributed by atoms with E-state index in [1.54, 1.807) is 11.3 Å². The van der Waals surface area contributed by atoms with E-state index in [4.69, 9.17) is 11.6 Å². The van der Waals surface area contributed by atoms with Crippen molar-refractivity contribution in [3.63, 3.8) is 0 Å². The Balaban J connectivity index is 1.97. The number of thiazole rings is 1. The second-order valence-corrected chi connectivity index (χ2v) is 4.97. The van der Waals surface area contributed by atoms with Crippen LogP contribution in [0.2, 0.25) is 5.15 Å². The highest BCUT2D eigenvalue weighted by Crippen LogP contribution is 2.18. The molecule has 1 N–H and O–H groups in total. The van der Waals surface area contributed by atoms with Gasteiger partial charge in [0.15, 0.2) is 11.0 Å². The Kier molecular flexibility index (Phi) is 3.91. The summed E-state index contributed by atoms with van der Waals surface area (Å²) in [7, 11) is 0. The highest BCUT2D eigenvalue weighted by molar-refractivity contribution is 7.09. The van der Waals surface area contributed by atoms with Crippen LogP contribution in [-0.4, -0.2) is 21.5 Å². The molecule has 4 nitrogen and oxygen atoms in total. The smallest absolute Gasteiger partial charge is 0.171 e. The number of halogens is 1. The van der Waals surface area contributed by atoms with E-state index in [2.05, 4.69) is 20.3 Å². The second kappa shape index (κ2) is 5.42. The summed E-state index contributed by atoms with van der Waals surface area (Å²) in [6, 6.07) is 0. The fourth-order valence-electron chi connectivity index (χ4n) is 1.35. The third kappa shape index (κ3) is 3.14. The van der Waals surface area contributed by atoms with Crippen LogP contribution in [0.1, 0.15) is 16.4 Å². The lowest BCUT2D eigenvalue weighted by Crippen LogP contribution is -2.08. The first-order valence-electron chi connectivity index (χ1n) is 5.30. The summed E-state index contributed by atoms with van der Waals surface area (Å²) in [6.45, 7) is 4.57. The van der Waals surface area contributed by atoms with Crippen molar-refractivity contribution in [2.75, 3.05) is 11.9 Å². The number of rotatable bonds is 4. The molecule has 0 fully saturated rings. The van der Waals surface area contributed by atoms with Crippen LogP contribution in [-0.2, 0) is 6.42 Å². The van der Waals surface area contributed by atoms with Crippen LogP contribution in [0.15, 0.2) is 11.6 Å². The number of nitrogens with zero attached hydrogens (tertiary/aromatic N) is 3. The molecule has 0 spiro atoms. The first-order chi connectivity index (χ1) is 8.16. The molecule has 0 unspecified atom stereocenters. The van der Waals surface area contributed by atoms with Crippen molar-refractivity contribution < 1.29 is 0 Å². The maximum atomic E-state index is 6.01. The van der Waals surface area contributed by atoms with Gasteiger partial charge in [0.1, 0.15) is 0 Å². The van der Waals surface area contributed by atoms with Crippen LogP contribution in [0.3, 0.4) is 0 Å². The molecule has 0 atom stereocenters. The quantitative estimate of drug-likeness (QED) is 0.926. The Hall–Kier alpha value is -1.20. The molecule has 2 rings (SSSR count). The van der Waals surface area contributed by atoms with E-state index >= 15 is 0 Å². The average Bonchev–Trinajstić information content (AvgIpc) is 2.78. The van der Waals surface area contributed by atoms with Crippen LogP contribution in [0.5, 0.6) is 0 Å². The Morgan fingerprint density at radius 2 is 2.06 bits per heavy atom. The Bertz CT molecular complexity index is 498. The van der Waals surface area contributed by atoms with Gasteiger partial charge in [0.25, 0.3) is 0 Å². The topological polar surface area (TPSA) is 50.7 Å². The van der Waals surface area contributed by atoms with E-state index in [9.17, 15) is 0 Å². The second-order valence-electron chi connectivity index (χ2n) is 3.64. The van der Waals surface area contributed by atoms with Crippen LogP contribution in [0.25, 0.3) is 0 Å². The van der Waals surface area contributed by atoms with Gasteiger partial charge >= 0.3 is 0 Å². The van der Waals surface area contributed by atoms with Crippen LogP contribution < -0.4 is 5.32 Å². The molecule has 0 aromatic carbocycles. The number of aromatic nitrogens is 3. The van der Waals surface area contributed by atoms with E-state index in [-0.39, 0.29) is 0 Å². The zero-order valence-electron chi connectivity index (χ0n) is 9.70. The normalized spacial score (nSPS) is 10.5. The molecule has 0 bridgehead atoms. The molecule has 0 saturated carbocycles. The monoisotopic (exact) mass is 268 g/mol. The molecule has 0 radical (unpaired) electrons. The first-order valence-corrected chi connectivity index (χ1v) is 6.55. The maximum Gasteiger partial charge on any atom is 0.171 e. The van der Waals surface area contributed by atoms with E-state index in [1.165, 1.54) is 0 Å². The molecule has 6 heteroatoms. The van der Waals surface area contributed by atoms with Gasteiger partial charge < -0.3 is 5.32 Å². The van der Waals surface area contributed by atoms with Gasteiger partial charge in [-0.25, -0.2) is 15.0 Å². The molecule has 0 aliphatic carbocycles. The molecular formula is C11H13ClN4S. The highest BCUT2D eigenvalue weighted by atomic mass is 35.5. The molecule has 2 heterocycles. The Morgan fingerprint density at radius 3 is 2.76 bits per heavy atom. The van der Waals surface area contributed by atoms with E-state index in [0.29, 0.717) is 11.0 Å². The molecular weight excluding hydrogens is 256 g/mol. The molecule has 17 heavy (non-hydrogen) atoms. The summed E-state index contributed by atoms with van der Waals surface area (Å²) < 4.78 is 0. The maximum absolute atomic E-state index is 6.01. The third-order valence-corrected chi connectivity index (χ3v) is 3.48. The summed E-state index contributed by atoms with van der Waals surface area (Å²) in [4.78, 5) is 12.8. The van der Waals surface area contributed by atoms with E-state index < -0.39 is 0 Å². The minimum atomic E-state index is 0.423. The van der Waals surface area contributed by atoms with E-state index in [1.807, 2.05) is 25.4 Å². The number of aryl methyl sites for hydroxylation is 2. The van der Waals surface area contributed by atoms with Gasteiger partial charge in [-0.3, -0.25) is 0 Å². The lowest BCUT2D eigenvalue weighted by atomic mass is 10.3. The van der Waals surface area contributed by atoms with Crippen molar-refractivity contribution in [3.05, 3.63) is 33.1 Å². The third-order valence-electron chi connectivity index (χ3n) is 2.38. The molecule has 2 aromatic rings. The lowest BCUT2D eigenvalue weighted by molar-refractivity contribution is 0.966. The fourth-order valence-corrected chi connectivity index (χ4v) is 2.21. The number of anilines is 1. The van der Waals surface area contributed by atoms with Crippen LogP contribution >= 0.6 is 22.9 Å². The summed E-state index contributed by atoms with van der Waals surface area (Å²) >= 11 is 7.66. The lowest BCUT2D eigenvalue weighted by Gasteiger charge is -2.08. The predicted molar refractivity (Wildman–Crippen MR) is 70.8 cm³/mol. The van der Waals surface area contributed by atoms with Crippen molar-refractivity contribution in [3.8, 4) is 0 Å². The van der Waals surface area contributed by atoms with Gasteiger partial charge in [0.05, 0.1) is 16.4 Å². The van der Waals surface area contributed by atoms with Crippen molar-refractivity contribution in [2.24, 2.45) is 0 Å². The van der Waals surface area contributed by atoms with Gasteiger partial charge in [0, 0.05) is 24.5 Å². The average molecular weight is 269 g/mol. The highest BCUT2D eigenvalue weighted by Gasteiger charge is 2.06. The minimum absolute atomic E-state index is 0.423. The molecule has 0 saturated heterocycles. The predicted octanol–water partition coefficient (Wildman–Crippen LogP) is 2.86. The van der Waals surface area contributed by atoms with Gasteiger partial charge in [-0.2, -0.15) is 0 Å². The van der Waals surface area contributed by atoms with Crippen molar-refractivity contribution >= 4 is 28.8 Å². The van der Waals surface area contributed by atoms with Gasteiger partial charge in [-0.1, -0.05) is 11.6 Å². The summed E-state index contributed by atoms with van der Waals surface area (Å²) in [5.41, 5.74) is 1.76. The minimum Gasteiger partial charge on any atom is -0.367 e. The Labute approximate surface area is 109 Å². The number of hydrogen-bond donors (Lipinski definition) is 1. The summed E-state index contributed by atoms with van der Waals surface area (Å²) in [6.07, 6.45) is 2.67. The Morgan fingerprint density at radius 1 is 1.29 bits per heavy atom. The fraction of sp³-hybridized carbons (Fsp3) is 0.364. The van der Waals surface area contributed by atoms with Crippen molar-refractivity contribution in [2.45, 2.75) is 20.3 Å². The molecule has 0 aliphatic heterocycles. The molecule has 0 aliphatic rings. The first kappa shape index (κ1) is 12.3. The number of hydrogen-bond acceptors (Lipinski definition) is 5. The van der Waals surface area contributed by atoms with Crippen LogP contribution in [0, 0.1) is 13.8 Å². The molecule has 0 amide bonds. The summed E-state index contributed by atoms with van der Waals surface area (Å²) in [5, 5.41) is 6.68. The largest absolute Gasteiger partial charge is 0.367 e. The molecule has 2 aromatic heterocycles. The molecule has 90 valence electrons. The standard InChI is InChI=1S/C11H13ClN4S/c1-7-8(2)16-11(10(12)15-7)14-4-3-9-13-5-6-17-9/h5-6H,3-4H2,1-2H3,(H,14,16). The SMILES string of the molecule is Cc1nc(Cl)c(NCCc2nccs2)nc1C. The van der Waals surface area contributed by atoms with Crippen LogP contribution in [0.4, 0.5) is 5.82 Å². The zero-order chi connectivity index (χ0) is 12.3. The van der Waals surface area contributed by atoms with Gasteiger partial charge in [0.2, 0.25) is 0 Å². The summed E-state index contributed by atoms with van der Waals surface area (Å²) in [5.74, 6) is 0.645. The van der Waals surface area contributed by atoms with Gasteiger partial charge in [-0.05, 0) is 13.8 Å². The number of nitrogens with one attached hydrogen (secondary N) is 1. The van der Waals surface area contributed by atoms with Crippen molar-refractivity contribution in [1.29, 1.82) is 0 Å². The zero-order valence-corrected chi connectivity index (χ0v) is 11.3. The van der Waals surface area contributed by atoms with Gasteiger partial charge in [-0.15, -0.1) is 11.3 Å². The van der Waals surface area contributed by atoms with Crippen molar-refractivity contribution in [1.82, 2.24) is 15.0 Å².